The summed E-state index contributed by atoms with van der Waals surface area (Å²) in [5.74, 6) is 1.81. The Kier molecular flexibility index (Phi) is 10.7. The maximum Gasteiger partial charge on any atom is 0.157 e. The molecule has 1 aliphatic heterocycles. The van der Waals surface area contributed by atoms with Crippen LogP contribution < -0.4 is 0 Å². The van der Waals surface area contributed by atoms with Crippen molar-refractivity contribution in [1.82, 2.24) is 0 Å². The van der Waals surface area contributed by atoms with Crippen molar-refractivity contribution in [2.75, 3.05) is 19.8 Å². The van der Waals surface area contributed by atoms with Gasteiger partial charge >= 0.3 is 0 Å². The molecule has 3 heteroatoms. The zero-order valence-corrected chi connectivity index (χ0v) is 19.2. The molecule has 1 aromatic carbocycles. The lowest BCUT2D eigenvalue weighted by Gasteiger charge is -2.30. The Balaban J connectivity index is 1.33. The van der Waals surface area contributed by atoms with Crippen LogP contribution in [0.1, 0.15) is 101 Å². The maximum absolute atomic E-state index is 9.75. The number of rotatable bonds is 12. The van der Waals surface area contributed by atoms with Crippen LogP contribution in [-0.2, 0) is 15.9 Å². The maximum atomic E-state index is 9.75. The molecular formula is C27H44O3. The van der Waals surface area contributed by atoms with Crippen molar-refractivity contribution in [3.8, 4) is 0 Å². The largest absolute Gasteiger partial charge is 0.396 e. The molecule has 2 aliphatic rings. The van der Waals surface area contributed by atoms with Gasteiger partial charge in [0.25, 0.3) is 0 Å². The fourth-order valence-electron chi connectivity index (χ4n) is 5.10. The van der Waals surface area contributed by atoms with E-state index >= 15 is 0 Å². The molecule has 3 rings (SSSR count). The van der Waals surface area contributed by atoms with Crippen molar-refractivity contribution < 1.29 is 14.6 Å². The third-order valence-electron chi connectivity index (χ3n) is 7.26. The molecule has 0 bridgehead atoms. The van der Waals surface area contributed by atoms with Crippen LogP contribution in [0, 0.1) is 11.8 Å². The van der Waals surface area contributed by atoms with Gasteiger partial charge in [0.2, 0.25) is 0 Å². The highest BCUT2D eigenvalue weighted by molar-refractivity contribution is 5.26. The van der Waals surface area contributed by atoms with E-state index in [9.17, 15) is 5.11 Å². The summed E-state index contributed by atoms with van der Waals surface area (Å²) in [6.07, 6.45) is 16.1. The lowest BCUT2D eigenvalue weighted by molar-refractivity contribution is -0.171. The van der Waals surface area contributed by atoms with Crippen molar-refractivity contribution >= 4 is 0 Å². The van der Waals surface area contributed by atoms with Crippen LogP contribution in [0.25, 0.3) is 0 Å². The summed E-state index contributed by atoms with van der Waals surface area (Å²) in [7, 11) is 0. The van der Waals surface area contributed by atoms with E-state index in [1.165, 1.54) is 69.8 Å². The standard InChI is InChI=1S/C27H44O3/c1-2-3-4-7-22-11-15-25(16-12-22)26-17-13-23(14-18-26)9-10-24(20-28)21-30-27-8-5-6-19-29-27/h11-12,15-16,23-24,26-28H,2-10,13-14,17-21H2,1H3. The van der Waals surface area contributed by atoms with E-state index in [-0.39, 0.29) is 18.8 Å². The van der Waals surface area contributed by atoms with Crippen LogP contribution in [0.15, 0.2) is 24.3 Å². The summed E-state index contributed by atoms with van der Waals surface area (Å²) in [4.78, 5) is 0. The summed E-state index contributed by atoms with van der Waals surface area (Å²) >= 11 is 0. The number of hydrogen-bond acceptors (Lipinski definition) is 3. The van der Waals surface area contributed by atoms with E-state index in [1.807, 2.05) is 0 Å². The van der Waals surface area contributed by atoms with Crippen LogP contribution in [0.3, 0.4) is 0 Å². The predicted molar refractivity (Wildman–Crippen MR) is 124 cm³/mol. The summed E-state index contributed by atoms with van der Waals surface area (Å²) in [6, 6.07) is 9.50. The first kappa shape index (κ1) is 23.8. The molecule has 0 radical (unpaired) electrons. The molecule has 0 amide bonds. The van der Waals surface area contributed by atoms with E-state index in [1.54, 1.807) is 5.56 Å². The molecule has 1 aromatic rings. The quantitative estimate of drug-likeness (QED) is 0.389. The predicted octanol–water partition coefficient (Wildman–Crippen LogP) is 6.63. The molecule has 0 aromatic heterocycles. The van der Waals surface area contributed by atoms with E-state index in [4.69, 9.17) is 9.47 Å². The zero-order valence-electron chi connectivity index (χ0n) is 19.2. The van der Waals surface area contributed by atoms with Crippen molar-refractivity contribution in [3.05, 3.63) is 35.4 Å². The van der Waals surface area contributed by atoms with Gasteiger partial charge in [0.05, 0.1) is 6.61 Å². The number of hydrogen-bond donors (Lipinski definition) is 1. The van der Waals surface area contributed by atoms with Crippen LogP contribution in [0.5, 0.6) is 0 Å². The summed E-state index contributed by atoms with van der Waals surface area (Å²) < 4.78 is 11.6. The zero-order chi connectivity index (χ0) is 21.0. The van der Waals surface area contributed by atoms with Gasteiger partial charge in [0, 0.05) is 19.1 Å². The molecule has 2 unspecified atom stereocenters. The number of benzene rings is 1. The van der Waals surface area contributed by atoms with Gasteiger partial charge < -0.3 is 14.6 Å². The molecule has 1 N–H and O–H groups in total. The van der Waals surface area contributed by atoms with Crippen LogP contribution in [-0.4, -0.2) is 31.2 Å². The summed E-state index contributed by atoms with van der Waals surface area (Å²) in [5, 5.41) is 9.75. The summed E-state index contributed by atoms with van der Waals surface area (Å²) in [6.45, 7) is 3.96. The van der Waals surface area contributed by atoms with E-state index in [0.29, 0.717) is 6.61 Å². The average Bonchev–Trinajstić information content (AvgIpc) is 2.81. The minimum Gasteiger partial charge on any atom is -0.396 e. The Bertz CT molecular complexity index is 556. The Hall–Kier alpha value is -0.900. The lowest BCUT2D eigenvalue weighted by atomic mass is 9.76. The summed E-state index contributed by atoms with van der Waals surface area (Å²) in [5.41, 5.74) is 3.04. The Morgan fingerprint density at radius 3 is 2.50 bits per heavy atom. The Morgan fingerprint density at radius 2 is 1.83 bits per heavy atom. The number of ether oxygens (including phenoxy) is 2. The molecular weight excluding hydrogens is 372 g/mol. The second-order valence-electron chi connectivity index (χ2n) is 9.67. The van der Waals surface area contributed by atoms with Gasteiger partial charge in [-0.25, -0.2) is 0 Å². The van der Waals surface area contributed by atoms with Crippen molar-refractivity contribution in [3.63, 3.8) is 0 Å². The minimum absolute atomic E-state index is 0.0405. The second-order valence-corrected chi connectivity index (χ2v) is 9.67. The Labute approximate surface area is 184 Å². The van der Waals surface area contributed by atoms with Gasteiger partial charge in [-0.2, -0.15) is 0 Å². The van der Waals surface area contributed by atoms with E-state index in [0.717, 1.165) is 37.7 Å². The number of unbranched alkanes of at least 4 members (excludes halogenated alkanes) is 2. The second kappa shape index (κ2) is 13.5. The van der Waals surface area contributed by atoms with Crippen LogP contribution in [0.2, 0.25) is 0 Å². The molecule has 3 nitrogen and oxygen atoms in total. The van der Waals surface area contributed by atoms with Gasteiger partial charge in [-0.1, -0.05) is 50.5 Å². The van der Waals surface area contributed by atoms with Gasteiger partial charge in [0.1, 0.15) is 0 Å². The molecule has 170 valence electrons. The number of aliphatic hydroxyl groups excluding tert-OH is 1. The third-order valence-corrected chi connectivity index (χ3v) is 7.26. The highest BCUT2D eigenvalue weighted by Crippen LogP contribution is 2.38. The third kappa shape index (κ3) is 7.98. The number of aryl methyl sites for hydroxylation is 1. The number of aliphatic hydroxyl groups is 1. The topological polar surface area (TPSA) is 38.7 Å². The monoisotopic (exact) mass is 416 g/mol. The van der Waals surface area contributed by atoms with E-state index in [2.05, 4.69) is 31.2 Å². The van der Waals surface area contributed by atoms with Gasteiger partial charge in [-0.3, -0.25) is 0 Å². The van der Waals surface area contributed by atoms with Gasteiger partial charge in [-0.15, -0.1) is 0 Å². The van der Waals surface area contributed by atoms with Crippen LogP contribution >= 0.6 is 0 Å². The smallest absolute Gasteiger partial charge is 0.157 e. The van der Waals surface area contributed by atoms with Crippen molar-refractivity contribution in [1.29, 1.82) is 0 Å². The first-order valence-electron chi connectivity index (χ1n) is 12.7. The van der Waals surface area contributed by atoms with Gasteiger partial charge in [0.15, 0.2) is 6.29 Å². The Morgan fingerprint density at radius 1 is 1.03 bits per heavy atom. The van der Waals surface area contributed by atoms with Crippen molar-refractivity contribution in [2.24, 2.45) is 11.8 Å². The van der Waals surface area contributed by atoms with Crippen molar-refractivity contribution in [2.45, 2.75) is 103 Å². The normalized spacial score (nSPS) is 25.9. The molecule has 1 saturated heterocycles. The molecule has 2 atom stereocenters. The molecule has 0 spiro atoms. The van der Waals surface area contributed by atoms with Crippen LogP contribution in [0.4, 0.5) is 0 Å². The molecule has 2 fully saturated rings. The minimum atomic E-state index is -0.0405. The first-order valence-corrected chi connectivity index (χ1v) is 12.7. The molecule has 1 aliphatic carbocycles. The van der Waals surface area contributed by atoms with E-state index < -0.39 is 0 Å². The lowest BCUT2D eigenvalue weighted by Crippen LogP contribution is -2.26. The molecule has 1 heterocycles. The fraction of sp³-hybridized carbons (Fsp3) is 0.778. The average molecular weight is 417 g/mol. The van der Waals surface area contributed by atoms with Gasteiger partial charge in [-0.05, 0) is 87.2 Å². The molecule has 1 saturated carbocycles. The highest BCUT2D eigenvalue weighted by atomic mass is 16.7. The first-order chi connectivity index (χ1) is 14.8. The highest BCUT2D eigenvalue weighted by Gasteiger charge is 2.24. The fourth-order valence-corrected chi connectivity index (χ4v) is 5.10. The SMILES string of the molecule is CCCCCc1ccc(C2CCC(CCC(CO)COC3CCCCO3)CC2)cc1. The molecule has 30 heavy (non-hydrogen) atoms.